The van der Waals surface area contributed by atoms with Gasteiger partial charge in [-0.2, -0.15) is 0 Å². The molecule has 0 bridgehead atoms. The highest BCUT2D eigenvalue weighted by Gasteiger charge is 2.14. The average molecular weight is 644 g/mol. The van der Waals surface area contributed by atoms with Crippen LogP contribution in [0.1, 0.15) is 203 Å². The SMILES string of the molecule is CC.CCC.CCCCCC(CCCC)OC(=O)CCCCCCCN(CCO)CCCCCCCC(=O)OC(C)CCCC. The number of carbonyl (C=O) groups excluding carboxylic acids is 2. The summed E-state index contributed by atoms with van der Waals surface area (Å²) in [6.45, 7) is 19.8. The lowest BCUT2D eigenvalue weighted by molar-refractivity contribution is -0.150. The lowest BCUT2D eigenvalue weighted by Gasteiger charge is -2.21. The van der Waals surface area contributed by atoms with E-state index in [9.17, 15) is 14.7 Å². The van der Waals surface area contributed by atoms with Crippen molar-refractivity contribution < 1.29 is 24.2 Å². The van der Waals surface area contributed by atoms with E-state index in [4.69, 9.17) is 9.47 Å². The predicted octanol–water partition coefficient (Wildman–Crippen LogP) is 11.2. The zero-order valence-electron chi connectivity index (χ0n) is 31.8. The number of carbonyl (C=O) groups is 2. The third-order valence-corrected chi connectivity index (χ3v) is 7.73. The molecular formula is C39H81NO5. The van der Waals surface area contributed by atoms with Crippen molar-refractivity contribution in [2.75, 3.05) is 26.2 Å². The largest absolute Gasteiger partial charge is 0.463 e. The maximum absolute atomic E-state index is 12.3. The fraction of sp³-hybridized carbons (Fsp3) is 0.949. The molecule has 0 aromatic heterocycles. The number of nitrogens with zero attached hydrogens (tertiary/aromatic N) is 1. The van der Waals surface area contributed by atoms with Gasteiger partial charge in [-0.3, -0.25) is 9.59 Å². The lowest BCUT2D eigenvalue weighted by Crippen LogP contribution is -2.29. The van der Waals surface area contributed by atoms with Crippen molar-refractivity contribution in [1.29, 1.82) is 0 Å². The maximum Gasteiger partial charge on any atom is 0.306 e. The average Bonchev–Trinajstić information content (AvgIpc) is 3.02. The molecule has 6 nitrogen and oxygen atoms in total. The Morgan fingerprint density at radius 1 is 0.556 bits per heavy atom. The first-order valence-electron chi connectivity index (χ1n) is 19.6. The van der Waals surface area contributed by atoms with Crippen LogP contribution in [0, 0.1) is 0 Å². The summed E-state index contributed by atoms with van der Waals surface area (Å²) in [6.07, 6.45) is 24.5. The molecule has 0 heterocycles. The van der Waals surface area contributed by atoms with Gasteiger partial charge in [-0.1, -0.05) is 132 Å². The van der Waals surface area contributed by atoms with Crippen molar-refractivity contribution in [3.63, 3.8) is 0 Å². The highest BCUT2D eigenvalue weighted by Crippen LogP contribution is 2.16. The van der Waals surface area contributed by atoms with Crippen molar-refractivity contribution in [3.8, 4) is 0 Å². The molecule has 0 rings (SSSR count). The van der Waals surface area contributed by atoms with Crippen LogP contribution >= 0.6 is 0 Å². The zero-order chi connectivity index (χ0) is 34.4. The Labute approximate surface area is 282 Å². The van der Waals surface area contributed by atoms with Crippen molar-refractivity contribution in [1.82, 2.24) is 4.90 Å². The van der Waals surface area contributed by atoms with Gasteiger partial charge in [0, 0.05) is 19.4 Å². The van der Waals surface area contributed by atoms with Crippen LogP contribution < -0.4 is 0 Å². The Kier molecular flexibility index (Phi) is 43.8. The van der Waals surface area contributed by atoms with Gasteiger partial charge in [0.25, 0.3) is 0 Å². The Morgan fingerprint density at radius 2 is 0.978 bits per heavy atom. The lowest BCUT2D eigenvalue weighted by atomic mass is 10.1. The summed E-state index contributed by atoms with van der Waals surface area (Å²) in [7, 11) is 0. The number of rotatable bonds is 30. The van der Waals surface area contributed by atoms with Gasteiger partial charge in [0.1, 0.15) is 6.10 Å². The normalized spacial score (nSPS) is 12.0. The Balaban J connectivity index is -0.00000331. The summed E-state index contributed by atoms with van der Waals surface area (Å²) in [5, 5.41) is 9.44. The van der Waals surface area contributed by atoms with Gasteiger partial charge in [0.15, 0.2) is 0 Å². The molecule has 6 heteroatoms. The number of ether oxygens (including phenoxy) is 2. The molecule has 272 valence electrons. The third-order valence-electron chi connectivity index (χ3n) is 7.73. The second-order valence-electron chi connectivity index (χ2n) is 12.5. The van der Waals surface area contributed by atoms with Crippen LogP contribution in [-0.2, 0) is 19.1 Å². The van der Waals surface area contributed by atoms with E-state index < -0.39 is 0 Å². The molecule has 0 radical (unpaired) electrons. The Hall–Kier alpha value is -1.14. The van der Waals surface area contributed by atoms with Crippen LogP contribution in [0.5, 0.6) is 0 Å². The van der Waals surface area contributed by atoms with Crippen LogP contribution in [0.3, 0.4) is 0 Å². The summed E-state index contributed by atoms with van der Waals surface area (Å²) in [4.78, 5) is 26.6. The topological polar surface area (TPSA) is 76.1 Å². The van der Waals surface area contributed by atoms with E-state index in [0.717, 1.165) is 129 Å². The molecule has 0 aliphatic heterocycles. The van der Waals surface area contributed by atoms with Crippen LogP contribution in [0.4, 0.5) is 0 Å². The number of hydrogen-bond donors (Lipinski definition) is 1. The van der Waals surface area contributed by atoms with Gasteiger partial charge >= 0.3 is 11.9 Å². The maximum atomic E-state index is 12.3. The molecule has 0 aliphatic rings. The molecule has 45 heavy (non-hydrogen) atoms. The molecule has 0 spiro atoms. The van der Waals surface area contributed by atoms with Gasteiger partial charge in [-0.15, -0.1) is 0 Å². The standard InChI is InChI=1S/C34H67NO5.C3H8.C2H6/c1-5-8-17-24-32(23-10-7-3)40-34(38)26-19-14-12-16-21-28-35(29-30-36)27-20-15-11-13-18-25-33(37)39-31(4)22-9-6-2;1-3-2;1-2/h31-32,36H,5-30H2,1-4H3;3H2,1-2H3;1-2H3. The first-order valence-corrected chi connectivity index (χ1v) is 19.6. The number of esters is 2. The van der Waals surface area contributed by atoms with Crippen LogP contribution in [0.25, 0.3) is 0 Å². The molecule has 2 unspecified atom stereocenters. The van der Waals surface area contributed by atoms with Crippen molar-refractivity contribution >= 4 is 11.9 Å². The van der Waals surface area contributed by atoms with Crippen molar-refractivity contribution in [2.24, 2.45) is 0 Å². The molecular weight excluding hydrogens is 562 g/mol. The molecule has 1 N–H and O–H groups in total. The predicted molar refractivity (Wildman–Crippen MR) is 195 cm³/mol. The monoisotopic (exact) mass is 644 g/mol. The molecule has 0 saturated heterocycles. The number of unbranched alkanes of at least 4 members (excludes halogenated alkanes) is 12. The summed E-state index contributed by atoms with van der Waals surface area (Å²) in [6, 6.07) is 0. The van der Waals surface area contributed by atoms with Gasteiger partial charge in [0.05, 0.1) is 12.7 Å². The van der Waals surface area contributed by atoms with E-state index in [2.05, 4.69) is 39.5 Å². The number of hydrogen-bond acceptors (Lipinski definition) is 6. The van der Waals surface area contributed by atoms with E-state index in [1.165, 1.54) is 25.7 Å². The zero-order valence-corrected chi connectivity index (χ0v) is 31.8. The molecule has 0 fully saturated rings. The fourth-order valence-corrected chi connectivity index (χ4v) is 5.14. The summed E-state index contributed by atoms with van der Waals surface area (Å²) in [5.74, 6) is -0.0600. The molecule has 2 atom stereocenters. The van der Waals surface area contributed by atoms with E-state index in [-0.39, 0.29) is 30.8 Å². The van der Waals surface area contributed by atoms with Gasteiger partial charge in [-0.05, 0) is 71.4 Å². The second kappa shape index (κ2) is 40.9. The van der Waals surface area contributed by atoms with E-state index in [1.54, 1.807) is 0 Å². The summed E-state index contributed by atoms with van der Waals surface area (Å²) >= 11 is 0. The first-order chi connectivity index (χ1) is 21.9. The first kappa shape index (κ1) is 48.3. The fourth-order valence-electron chi connectivity index (χ4n) is 5.14. The van der Waals surface area contributed by atoms with Gasteiger partial charge < -0.3 is 19.5 Å². The number of aliphatic hydroxyl groups excluding tert-OH is 1. The minimum Gasteiger partial charge on any atom is -0.463 e. The third kappa shape index (κ3) is 39.0. The van der Waals surface area contributed by atoms with E-state index in [1.807, 2.05) is 20.8 Å². The number of aliphatic hydroxyl groups is 1. The van der Waals surface area contributed by atoms with Gasteiger partial charge in [-0.25, -0.2) is 0 Å². The van der Waals surface area contributed by atoms with Crippen LogP contribution in [0.2, 0.25) is 0 Å². The van der Waals surface area contributed by atoms with Crippen LogP contribution in [0.15, 0.2) is 0 Å². The summed E-state index contributed by atoms with van der Waals surface area (Å²) in [5.41, 5.74) is 0. The second-order valence-corrected chi connectivity index (χ2v) is 12.5. The molecule has 0 aromatic rings. The molecule has 0 aromatic carbocycles. The van der Waals surface area contributed by atoms with Crippen molar-refractivity contribution in [2.45, 2.75) is 215 Å². The van der Waals surface area contributed by atoms with Crippen LogP contribution in [-0.4, -0.2) is 60.4 Å². The van der Waals surface area contributed by atoms with Crippen molar-refractivity contribution in [3.05, 3.63) is 0 Å². The molecule has 0 amide bonds. The quantitative estimate of drug-likeness (QED) is 0.0620. The van der Waals surface area contributed by atoms with E-state index in [0.29, 0.717) is 12.8 Å². The van der Waals surface area contributed by atoms with E-state index >= 15 is 0 Å². The minimum atomic E-state index is -0.0495. The minimum absolute atomic E-state index is 0.0105. The Morgan fingerprint density at radius 3 is 1.47 bits per heavy atom. The summed E-state index contributed by atoms with van der Waals surface area (Å²) < 4.78 is 11.3. The molecule has 0 saturated carbocycles. The highest BCUT2D eigenvalue weighted by atomic mass is 16.5. The smallest absolute Gasteiger partial charge is 0.306 e. The highest BCUT2D eigenvalue weighted by molar-refractivity contribution is 5.69. The molecule has 0 aliphatic carbocycles. The van der Waals surface area contributed by atoms with Gasteiger partial charge in [0.2, 0.25) is 0 Å². The Bertz CT molecular complexity index is 586.